The zero-order chi connectivity index (χ0) is 19.3. The normalized spacial score (nSPS) is 11.7. The van der Waals surface area contributed by atoms with Gasteiger partial charge in [0.2, 0.25) is 0 Å². The molecule has 0 spiro atoms. The number of rotatable bonds is 6. The van der Waals surface area contributed by atoms with E-state index in [0.717, 1.165) is 16.7 Å². The Morgan fingerprint density at radius 2 is 1.59 bits per heavy atom. The van der Waals surface area contributed by atoms with Crippen molar-refractivity contribution in [3.8, 4) is 22.6 Å². The van der Waals surface area contributed by atoms with Crippen LogP contribution in [0.15, 0.2) is 78.9 Å². The van der Waals surface area contributed by atoms with Gasteiger partial charge in [0.25, 0.3) is 0 Å². The zero-order valence-electron chi connectivity index (χ0n) is 15.6. The molecule has 138 valence electrons. The summed E-state index contributed by atoms with van der Waals surface area (Å²) in [4.78, 5) is 0. The van der Waals surface area contributed by atoms with Crippen LogP contribution in [0, 0.1) is 0 Å². The monoisotopic (exact) mass is 360 g/mol. The number of benzene rings is 3. The van der Waals surface area contributed by atoms with Gasteiger partial charge in [-0.05, 0) is 48.7 Å². The molecule has 27 heavy (non-hydrogen) atoms. The number of phenols is 1. The van der Waals surface area contributed by atoms with E-state index in [9.17, 15) is 10.2 Å². The maximum absolute atomic E-state index is 10.5. The Labute approximate surface area is 160 Å². The minimum atomic E-state index is -1.04. The highest BCUT2D eigenvalue weighted by molar-refractivity contribution is 5.79. The maximum atomic E-state index is 10.5. The molecule has 0 heterocycles. The summed E-state index contributed by atoms with van der Waals surface area (Å²) in [5.74, 6) is 0.695. The lowest BCUT2D eigenvalue weighted by Crippen LogP contribution is -2.16. The molecule has 0 bridgehead atoms. The van der Waals surface area contributed by atoms with E-state index in [1.54, 1.807) is 26.0 Å². The van der Waals surface area contributed by atoms with Crippen molar-refractivity contribution in [1.29, 1.82) is 0 Å². The molecule has 0 radical (unpaired) electrons. The third-order valence-electron chi connectivity index (χ3n) is 4.30. The van der Waals surface area contributed by atoms with Crippen molar-refractivity contribution in [3.63, 3.8) is 0 Å². The number of hydrogen-bond acceptors (Lipinski definition) is 3. The molecule has 0 amide bonds. The second kappa shape index (κ2) is 8.11. The summed E-state index contributed by atoms with van der Waals surface area (Å²) in [7, 11) is 0. The first-order chi connectivity index (χ1) is 13.0. The van der Waals surface area contributed by atoms with E-state index >= 15 is 0 Å². The van der Waals surface area contributed by atoms with Crippen LogP contribution < -0.4 is 4.74 Å². The first-order valence-electron chi connectivity index (χ1n) is 8.95. The molecular formula is C24H24O3. The molecule has 0 aliphatic carbocycles. The number of ether oxygens (including phenoxy) is 1. The smallest absolute Gasteiger partial charge is 0.131 e. The van der Waals surface area contributed by atoms with Crippen LogP contribution in [0.5, 0.6) is 11.5 Å². The van der Waals surface area contributed by atoms with Gasteiger partial charge in [0.1, 0.15) is 18.1 Å². The molecule has 0 unspecified atom stereocenters. The first kappa shape index (κ1) is 18.7. The van der Waals surface area contributed by atoms with Crippen molar-refractivity contribution in [2.45, 2.75) is 19.4 Å². The van der Waals surface area contributed by atoms with E-state index in [4.69, 9.17) is 4.74 Å². The third kappa shape index (κ3) is 4.57. The lowest BCUT2D eigenvalue weighted by atomic mass is 9.89. The largest absolute Gasteiger partial charge is 0.507 e. The Bertz CT molecular complexity index is 922. The molecule has 0 atom stereocenters. The van der Waals surface area contributed by atoms with Crippen LogP contribution in [0.3, 0.4) is 0 Å². The molecule has 3 aromatic rings. The molecule has 2 N–H and O–H groups in total. The van der Waals surface area contributed by atoms with Crippen LogP contribution in [0.25, 0.3) is 17.2 Å². The minimum Gasteiger partial charge on any atom is -0.507 e. The van der Waals surface area contributed by atoms with Crippen molar-refractivity contribution in [1.82, 2.24) is 0 Å². The van der Waals surface area contributed by atoms with Crippen molar-refractivity contribution in [2.24, 2.45) is 0 Å². The van der Waals surface area contributed by atoms with E-state index in [1.165, 1.54) is 0 Å². The van der Waals surface area contributed by atoms with Gasteiger partial charge in [-0.25, -0.2) is 0 Å². The van der Waals surface area contributed by atoms with Crippen LogP contribution in [0.4, 0.5) is 0 Å². The van der Waals surface area contributed by atoms with E-state index in [0.29, 0.717) is 17.9 Å². The van der Waals surface area contributed by atoms with Crippen molar-refractivity contribution < 1.29 is 14.9 Å². The summed E-state index contributed by atoms with van der Waals surface area (Å²) in [5, 5.41) is 21.0. The van der Waals surface area contributed by atoms with Crippen molar-refractivity contribution >= 4 is 6.08 Å². The third-order valence-corrected chi connectivity index (χ3v) is 4.30. The molecule has 0 saturated carbocycles. The lowest BCUT2D eigenvalue weighted by molar-refractivity contribution is 0.0792. The van der Waals surface area contributed by atoms with Gasteiger partial charge >= 0.3 is 0 Å². The van der Waals surface area contributed by atoms with E-state index in [1.807, 2.05) is 72.8 Å². The molecule has 3 aromatic carbocycles. The van der Waals surface area contributed by atoms with Crippen LogP contribution >= 0.6 is 0 Å². The van der Waals surface area contributed by atoms with Crippen LogP contribution in [-0.2, 0) is 5.60 Å². The van der Waals surface area contributed by atoms with Gasteiger partial charge in [-0.15, -0.1) is 0 Å². The second-order valence-electron chi connectivity index (χ2n) is 6.88. The van der Waals surface area contributed by atoms with Gasteiger partial charge in [-0.3, -0.25) is 0 Å². The fourth-order valence-corrected chi connectivity index (χ4v) is 3.03. The Kier molecular flexibility index (Phi) is 5.63. The van der Waals surface area contributed by atoms with Gasteiger partial charge < -0.3 is 14.9 Å². The summed E-state index contributed by atoms with van der Waals surface area (Å²) in [6.45, 7) is 3.83. The average molecular weight is 360 g/mol. The van der Waals surface area contributed by atoms with Crippen LogP contribution in [-0.4, -0.2) is 16.8 Å². The molecule has 0 fully saturated rings. The summed E-state index contributed by atoms with van der Waals surface area (Å²) >= 11 is 0. The number of aliphatic hydroxyl groups is 1. The number of hydrogen-bond donors (Lipinski definition) is 2. The molecule has 3 nitrogen and oxygen atoms in total. The minimum absolute atomic E-state index is 0.122. The van der Waals surface area contributed by atoms with Gasteiger partial charge in [-0.2, -0.15) is 0 Å². The summed E-state index contributed by atoms with van der Waals surface area (Å²) in [6.07, 6.45) is 3.93. The van der Waals surface area contributed by atoms with Gasteiger partial charge in [0.15, 0.2) is 0 Å². The quantitative estimate of drug-likeness (QED) is 0.620. The molecule has 3 rings (SSSR count). The summed E-state index contributed by atoms with van der Waals surface area (Å²) in [5.41, 5.74) is 2.14. The highest BCUT2D eigenvalue weighted by Gasteiger charge is 2.23. The predicted molar refractivity (Wildman–Crippen MR) is 110 cm³/mol. The average Bonchev–Trinajstić information content (AvgIpc) is 2.65. The van der Waals surface area contributed by atoms with Gasteiger partial charge in [0.05, 0.1) is 11.2 Å². The van der Waals surface area contributed by atoms with Crippen molar-refractivity contribution in [2.75, 3.05) is 6.61 Å². The summed E-state index contributed by atoms with van der Waals surface area (Å²) in [6, 6.07) is 22.7. The number of aromatic hydroxyl groups is 1. The molecule has 0 saturated heterocycles. The molecule has 3 heteroatoms. The Balaban J connectivity index is 1.89. The van der Waals surface area contributed by atoms with E-state index < -0.39 is 5.60 Å². The zero-order valence-corrected chi connectivity index (χ0v) is 15.6. The Morgan fingerprint density at radius 3 is 2.33 bits per heavy atom. The second-order valence-corrected chi connectivity index (χ2v) is 6.88. The van der Waals surface area contributed by atoms with Crippen LogP contribution in [0.2, 0.25) is 0 Å². The molecule has 0 aliphatic heterocycles. The molecule has 0 aliphatic rings. The fourth-order valence-electron chi connectivity index (χ4n) is 3.03. The highest BCUT2D eigenvalue weighted by atomic mass is 16.5. The fraction of sp³-hybridized carbons (Fsp3) is 0.167. The van der Waals surface area contributed by atoms with E-state index in [2.05, 4.69) is 0 Å². The topological polar surface area (TPSA) is 49.7 Å². The predicted octanol–water partition coefficient (Wildman–Crippen LogP) is 5.38. The first-order valence-corrected chi connectivity index (χ1v) is 8.95. The lowest BCUT2D eigenvalue weighted by Gasteiger charge is -2.23. The molecular weight excluding hydrogens is 336 g/mol. The maximum Gasteiger partial charge on any atom is 0.131 e. The summed E-state index contributed by atoms with van der Waals surface area (Å²) < 4.78 is 5.93. The SMILES string of the molecule is CC(C)(O)c1ccccc1-c1c(O)cccc1OCC=Cc1ccccc1. The molecule has 0 aromatic heterocycles. The van der Waals surface area contributed by atoms with Gasteiger partial charge in [0, 0.05) is 0 Å². The van der Waals surface area contributed by atoms with Crippen LogP contribution in [0.1, 0.15) is 25.0 Å². The van der Waals surface area contributed by atoms with E-state index in [-0.39, 0.29) is 5.75 Å². The number of phenolic OH excluding ortho intramolecular Hbond substituents is 1. The van der Waals surface area contributed by atoms with Crippen molar-refractivity contribution in [3.05, 3.63) is 90.0 Å². The highest BCUT2D eigenvalue weighted by Crippen LogP contribution is 2.42. The standard InChI is InChI=1S/C24H24O3/c1-24(2,26)20-14-7-6-13-19(20)23-21(25)15-8-16-22(23)27-17-9-12-18-10-4-3-5-11-18/h3-16,25-26H,17H2,1-2H3. The Hall–Kier alpha value is -3.04. The van der Waals surface area contributed by atoms with Gasteiger partial charge in [-0.1, -0.05) is 66.7 Å². The Morgan fingerprint density at radius 1 is 0.889 bits per heavy atom.